The van der Waals surface area contributed by atoms with Crippen LogP contribution in [0.15, 0.2) is 48.5 Å². The zero-order chi connectivity index (χ0) is 13.4. The first kappa shape index (κ1) is 12.5. The van der Waals surface area contributed by atoms with Crippen LogP contribution in [0.1, 0.15) is 40.8 Å². The van der Waals surface area contributed by atoms with Crippen molar-refractivity contribution in [2.45, 2.75) is 30.7 Å². The predicted molar refractivity (Wildman–Crippen MR) is 86.0 cm³/mol. The lowest BCUT2D eigenvalue weighted by molar-refractivity contribution is 0.466. The third kappa shape index (κ3) is 2.17. The molecule has 2 atom stereocenters. The van der Waals surface area contributed by atoms with E-state index in [9.17, 15) is 0 Å². The van der Waals surface area contributed by atoms with Crippen LogP contribution in [0.5, 0.6) is 0 Å². The number of nitrogens with one attached hydrogen (secondary N) is 1. The van der Waals surface area contributed by atoms with Gasteiger partial charge in [-0.3, -0.25) is 0 Å². The second-order valence-corrected chi connectivity index (χ2v) is 6.75. The summed E-state index contributed by atoms with van der Waals surface area (Å²) < 4.78 is 0. The molecule has 0 saturated carbocycles. The van der Waals surface area contributed by atoms with Gasteiger partial charge in [-0.2, -0.15) is 11.8 Å². The largest absolute Gasteiger partial charge is 0.302 e. The van der Waals surface area contributed by atoms with Crippen LogP contribution < -0.4 is 5.32 Å². The van der Waals surface area contributed by atoms with Gasteiger partial charge in [-0.15, -0.1) is 0 Å². The number of benzene rings is 2. The Morgan fingerprint density at radius 1 is 0.850 bits per heavy atom. The molecule has 2 heteroatoms. The van der Waals surface area contributed by atoms with Gasteiger partial charge >= 0.3 is 0 Å². The number of hydrogen-bond acceptors (Lipinski definition) is 2. The first-order chi connectivity index (χ1) is 9.92. The lowest BCUT2D eigenvalue weighted by Gasteiger charge is -2.29. The summed E-state index contributed by atoms with van der Waals surface area (Å²) in [6.45, 7) is 0. The zero-order valence-electron chi connectivity index (χ0n) is 11.5. The van der Waals surface area contributed by atoms with Gasteiger partial charge in [0.25, 0.3) is 0 Å². The maximum absolute atomic E-state index is 3.91. The maximum atomic E-state index is 3.91. The van der Waals surface area contributed by atoms with Crippen molar-refractivity contribution in [3.63, 3.8) is 0 Å². The van der Waals surface area contributed by atoms with Crippen LogP contribution in [0.3, 0.4) is 0 Å². The summed E-state index contributed by atoms with van der Waals surface area (Å²) in [5.74, 6) is 2.35. The molecule has 1 aliphatic heterocycles. The highest BCUT2D eigenvalue weighted by molar-refractivity contribution is 7.98. The van der Waals surface area contributed by atoms with E-state index in [0.29, 0.717) is 12.1 Å². The van der Waals surface area contributed by atoms with Crippen molar-refractivity contribution in [3.8, 4) is 0 Å². The van der Waals surface area contributed by atoms with Crippen molar-refractivity contribution in [2.75, 3.05) is 5.75 Å². The quantitative estimate of drug-likeness (QED) is 0.883. The predicted octanol–water partition coefficient (Wildman–Crippen LogP) is 4.25. The van der Waals surface area contributed by atoms with Crippen LogP contribution in [0.25, 0.3) is 0 Å². The zero-order valence-corrected chi connectivity index (χ0v) is 12.3. The molecular formula is C18H19NS. The van der Waals surface area contributed by atoms with Crippen LogP contribution in [0.2, 0.25) is 0 Å². The highest BCUT2D eigenvalue weighted by Crippen LogP contribution is 2.37. The smallest absolute Gasteiger partial charge is 0.0419 e. The average molecular weight is 281 g/mol. The summed E-state index contributed by atoms with van der Waals surface area (Å²) in [4.78, 5) is 0. The monoisotopic (exact) mass is 281 g/mol. The van der Waals surface area contributed by atoms with Gasteiger partial charge in [-0.25, -0.2) is 0 Å². The van der Waals surface area contributed by atoms with E-state index in [1.165, 1.54) is 40.8 Å². The van der Waals surface area contributed by atoms with E-state index in [4.69, 9.17) is 0 Å². The summed E-state index contributed by atoms with van der Waals surface area (Å²) in [6, 6.07) is 18.8. The number of thioether (sulfide) groups is 1. The summed E-state index contributed by atoms with van der Waals surface area (Å²) in [6.07, 6.45) is 2.46. The van der Waals surface area contributed by atoms with Crippen molar-refractivity contribution in [3.05, 3.63) is 70.8 Å². The Bertz CT molecular complexity index is 622. The van der Waals surface area contributed by atoms with Crippen LogP contribution in [-0.4, -0.2) is 5.75 Å². The van der Waals surface area contributed by atoms with Crippen LogP contribution in [-0.2, 0) is 12.2 Å². The van der Waals surface area contributed by atoms with E-state index in [1.807, 2.05) is 11.8 Å². The third-order valence-corrected chi connectivity index (χ3v) is 5.59. The fourth-order valence-electron chi connectivity index (χ4n) is 3.49. The Labute approximate surface area is 124 Å². The number of aryl methyl sites for hydroxylation is 1. The highest BCUT2D eigenvalue weighted by Gasteiger charge is 2.27. The van der Waals surface area contributed by atoms with Crippen molar-refractivity contribution in [1.29, 1.82) is 0 Å². The maximum Gasteiger partial charge on any atom is 0.0419 e. The van der Waals surface area contributed by atoms with Gasteiger partial charge < -0.3 is 5.32 Å². The molecule has 1 N–H and O–H groups in total. The molecule has 0 spiro atoms. The molecule has 0 bridgehead atoms. The van der Waals surface area contributed by atoms with Crippen LogP contribution in [0.4, 0.5) is 0 Å². The van der Waals surface area contributed by atoms with Crippen molar-refractivity contribution in [1.82, 2.24) is 5.32 Å². The molecule has 2 unspecified atom stereocenters. The van der Waals surface area contributed by atoms with Gasteiger partial charge in [0.1, 0.15) is 0 Å². The molecule has 1 heterocycles. The normalized spacial score (nSPS) is 24.2. The molecule has 2 aromatic carbocycles. The summed E-state index contributed by atoms with van der Waals surface area (Å²) in [5, 5.41) is 3.91. The van der Waals surface area contributed by atoms with Crippen LogP contribution >= 0.6 is 11.8 Å². The molecule has 0 radical (unpaired) electrons. The molecule has 102 valence electrons. The molecular weight excluding hydrogens is 262 g/mol. The molecule has 0 saturated heterocycles. The lowest BCUT2D eigenvalue weighted by atomic mass is 10.00. The molecule has 1 aliphatic carbocycles. The Balaban J connectivity index is 1.59. The Hall–Kier alpha value is -1.25. The summed E-state index contributed by atoms with van der Waals surface area (Å²) in [7, 11) is 0. The minimum atomic E-state index is 0.501. The average Bonchev–Trinajstić information content (AvgIpc) is 2.91. The van der Waals surface area contributed by atoms with E-state index in [2.05, 4.69) is 53.8 Å². The Morgan fingerprint density at radius 2 is 1.55 bits per heavy atom. The first-order valence-corrected chi connectivity index (χ1v) is 8.57. The van der Waals surface area contributed by atoms with Crippen molar-refractivity contribution >= 4 is 11.8 Å². The molecule has 0 aromatic heterocycles. The standard InChI is InChI=1S/C18H19NS/c1-3-7-15-13(5-1)9-10-17(15)19-18-12-20-11-14-6-2-4-8-16(14)18/h1-8,17-19H,9-12H2. The molecule has 4 rings (SSSR count). The van der Waals surface area contributed by atoms with Crippen LogP contribution in [0, 0.1) is 0 Å². The Morgan fingerprint density at radius 3 is 2.40 bits per heavy atom. The first-order valence-electron chi connectivity index (χ1n) is 7.41. The topological polar surface area (TPSA) is 12.0 Å². The van der Waals surface area contributed by atoms with Crippen molar-refractivity contribution < 1.29 is 0 Å². The fourth-order valence-corrected chi connectivity index (χ4v) is 4.61. The summed E-state index contributed by atoms with van der Waals surface area (Å²) >= 11 is 2.05. The minimum absolute atomic E-state index is 0.501. The summed E-state index contributed by atoms with van der Waals surface area (Å²) in [5.41, 5.74) is 6.06. The number of hydrogen-bond donors (Lipinski definition) is 1. The molecule has 1 nitrogen and oxygen atoms in total. The van der Waals surface area contributed by atoms with Gasteiger partial charge in [0, 0.05) is 23.6 Å². The molecule has 2 aliphatic rings. The van der Waals surface area contributed by atoms with Gasteiger partial charge in [0.15, 0.2) is 0 Å². The van der Waals surface area contributed by atoms with Gasteiger partial charge in [0.2, 0.25) is 0 Å². The second kappa shape index (κ2) is 5.27. The molecule has 0 amide bonds. The highest BCUT2D eigenvalue weighted by atomic mass is 32.2. The SMILES string of the molecule is c1ccc2c(c1)CCC2NC1CSCc2ccccc21. The van der Waals surface area contributed by atoms with E-state index in [0.717, 1.165) is 5.75 Å². The second-order valence-electron chi connectivity index (χ2n) is 5.72. The van der Waals surface area contributed by atoms with E-state index >= 15 is 0 Å². The molecule has 2 aromatic rings. The number of rotatable bonds is 2. The molecule has 0 fully saturated rings. The van der Waals surface area contributed by atoms with Gasteiger partial charge in [-0.05, 0) is 35.1 Å². The van der Waals surface area contributed by atoms with Gasteiger partial charge in [0.05, 0.1) is 0 Å². The Kier molecular flexibility index (Phi) is 3.29. The van der Waals surface area contributed by atoms with Crippen molar-refractivity contribution in [2.24, 2.45) is 0 Å². The fraction of sp³-hybridized carbons (Fsp3) is 0.333. The lowest BCUT2D eigenvalue weighted by Crippen LogP contribution is -2.29. The van der Waals surface area contributed by atoms with E-state index in [1.54, 1.807) is 0 Å². The molecule has 20 heavy (non-hydrogen) atoms. The minimum Gasteiger partial charge on any atom is -0.302 e. The number of fused-ring (bicyclic) bond motifs is 2. The van der Waals surface area contributed by atoms with E-state index in [-0.39, 0.29) is 0 Å². The third-order valence-electron chi connectivity index (χ3n) is 4.51. The van der Waals surface area contributed by atoms with Gasteiger partial charge in [-0.1, -0.05) is 48.5 Å². The van der Waals surface area contributed by atoms with E-state index < -0.39 is 0 Å².